The molecule has 0 bridgehead atoms. The molecule has 3 atom stereocenters. The van der Waals surface area contributed by atoms with E-state index in [2.05, 4.69) is 17.6 Å². The highest BCUT2D eigenvalue weighted by Gasteiger charge is 2.27. The highest BCUT2D eigenvalue weighted by Crippen LogP contribution is 2.13. The second kappa shape index (κ2) is 23.2. The van der Waals surface area contributed by atoms with Crippen LogP contribution in [0.2, 0.25) is 0 Å². The molecule has 7 N–H and O–H groups in total. The van der Waals surface area contributed by atoms with Crippen molar-refractivity contribution in [3.63, 3.8) is 0 Å². The minimum absolute atomic E-state index is 0.0350. The van der Waals surface area contributed by atoms with Crippen molar-refractivity contribution in [2.45, 2.75) is 147 Å². The number of carboxylic acid groups (broad SMARTS) is 3. The maximum Gasteiger partial charge on any atom is 0.326 e. The Labute approximate surface area is 232 Å². The summed E-state index contributed by atoms with van der Waals surface area (Å²) in [6.45, 7) is 2.22. The highest BCUT2D eigenvalue weighted by atomic mass is 16.4. The van der Waals surface area contributed by atoms with Gasteiger partial charge in [0.15, 0.2) is 0 Å². The fourth-order valence-corrected chi connectivity index (χ4v) is 4.30. The van der Waals surface area contributed by atoms with Crippen molar-refractivity contribution < 1.29 is 39.3 Å². The minimum atomic E-state index is -1.32. The average molecular weight is 558 g/mol. The Kier molecular flexibility index (Phi) is 21.6. The van der Waals surface area contributed by atoms with Gasteiger partial charge >= 0.3 is 17.9 Å². The summed E-state index contributed by atoms with van der Waals surface area (Å²) in [5.41, 5.74) is 5.42. The summed E-state index contributed by atoms with van der Waals surface area (Å²) in [6.07, 6.45) is 15.0. The molecular weight excluding hydrogens is 506 g/mol. The molecule has 0 spiro atoms. The lowest BCUT2D eigenvalue weighted by molar-refractivity contribution is -0.143. The van der Waals surface area contributed by atoms with Crippen LogP contribution in [0, 0.1) is 0 Å². The molecule has 0 saturated carbocycles. The van der Waals surface area contributed by atoms with E-state index in [-0.39, 0.29) is 44.4 Å². The van der Waals surface area contributed by atoms with Gasteiger partial charge in [0.05, 0.1) is 0 Å². The number of unbranched alkanes of at least 4 members (excludes halogenated alkanes) is 12. The van der Waals surface area contributed by atoms with Crippen LogP contribution >= 0.6 is 0 Å². The molecule has 0 saturated heterocycles. The summed E-state index contributed by atoms with van der Waals surface area (Å²) in [6, 6.07) is -3.63. The molecule has 3 unspecified atom stereocenters. The molecule has 0 aromatic rings. The predicted octanol–water partition coefficient (Wildman–Crippen LogP) is 3.97. The Morgan fingerprint density at radius 3 is 1.56 bits per heavy atom. The van der Waals surface area contributed by atoms with Gasteiger partial charge in [0, 0.05) is 12.8 Å². The number of nitrogens with one attached hydrogen (secondary N) is 2. The number of hydrogen-bond acceptors (Lipinski definition) is 6. The zero-order chi connectivity index (χ0) is 29.5. The Balaban J connectivity index is 4.39. The second-order valence-electron chi connectivity index (χ2n) is 10.3. The molecule has 0 heterocycles. The molecule has 39 heavy (non-hydrogen) atoms. The number of carboxylic acids is 3. The zero-order valence-corrected chi connectivity index (χ0v) is 23.6. The molecule has 0 rings (SSSR count). The van der Waals surface area contributed by atoms with Crippen molar-refractivity contribution in [3.05, 3.63) is 0 Å². The van der Waals surface area contributed by atoms with Crippen molar-refractivity contribution in [1.82, 2.24) is 10.6 Å². The molecule has 11 heteroatoms. The summed E-state index contributed by atoms with van der Waals surface area (Å²) in [7, 11) is 0. The SMILES string of the molecule is CCCCCCCCCCCCCCCC(=O)NC(CCC(=O)O)C(=O)NC(CCCC(N)C(=O)O)C(=O)O. The van der Waals surface area contributed by atoms with E-state index in [1.54, 1.807) is 0 Å². The zero-order valence-electron chi connectivity index (χ0n) is 23.6. The van der Waals surface area contributed by atoms with Gasteiger partial charge in [0.1, 0.15) is 18.1 Å². The summed E-state index contributed by atoms with van der Waals surface area (Å²) in [5.74, 6) is -4.84. The van der Waals surface area contributed by atoms with Crippen LogP contribution < -0.4 is 16.4 Å². The van der Waals surface area contributed by atoms with Crippen molar-refractivity contribution in [2.24, 2.45) is 5.73 Å². The van der Waals surface area contributed by atoms with Crippen LogP contribution in [0.4, 0.5) is 0 Å². The first kappa shape index (κ1) is 36.3. The van der Waals surface area contributed by atoms with Gasteiger partial charge in [-0.15, -0.1) is 0 Å². The van der Waals surface area contributed by atoms with Gasteiger partial charge in [0.25, 0.3) is 0 Å². The molecule has 0 fully saturated rings. The van der Waals surface area contributed by atoms with E-state index < -0.39 is 41.9 Å². The standard InChI is InChI=1S/C28H51N3O8/c1-2-3-4-5-6-7-8-9-10-11-12-13-14-18-24(32)30-22(19-20-25(33)34)26(35)31-23(28(38)39)17-15-16-21(29)27(36)37/h21-23H,2-20,29H2,1H3,(H,30,32)(H,31,35)(H,33,34)(H,36,37)(H,38,39). The molecule has 226 valence electrons. The molecule has 0 aromatic heterocycles. The fraction of sp³-hybridized carbons (Fsp3) is 0.821. The number of rotatable bonds is 26. The third-order valence-corrected chi connectivity index (χ3v) is 6.75. The third kappa shape index (κ3) is 20.9. The van der Waals surface area contributed by atoms with Gasteiger partial charge in [0.2, 0.25) is 11.8 Å². The molecule has 0 aliphatic rings. The molecule has 0 aliphatic carbocycles. The Morgan fingerprint density at radius 2 is 1.10 bits per heavy atom. The first-order valence-electron chi connectivity index (χ1n) is 14.6. The lowest BCUT2D eigenvalue weighted by Gasteiger charge is -2.21. The molecule has 0 aliphatic heterocycles. The van der Waals surface area contributed by atoms with E-state index in [9.17, 15) is 29.1 Å². The van der Waals surface area contributed by atoms with Crippen LogP contribution in [0.1, 0.15) is 129 Å². The first-order valence-corrected chi connectivity index (χ1v) is 14.6. The number of carbonyl (C=O) groups is 5. The Hall–Kier alpha value is -2.69. The number of aliphatic carboxylic acids is 3. The lowest BCUT2D eigenvalue weighted by Crippen LogP contribution is -2.51. The average Bonchev–Trinajstić information content (AvgIpc) is 2.88. The van der Waals surface area contributed by atoms with Crippen LogP contribution in [-0.2, 0) is 24.0 Å². The monoisotopic (exact) mass is 557 g/mol. The van der Waals surface area contributed by atoms with E-state index in [1.807, 2.05) is 0 Å². The maximum atomic E-state index is 12.7. The van der Waals surface area contributed by atoms with Gasteiger partial charge in [-0.2, -0.15) is 0 Å². The van der Waals surface area contributed by atoms with Crippen molar-refractivity contribution in [3.8, 4) is 0 Å². The largest absolute Gasteiger partial charge is 0.481 e. The van der Waals surface area contributed by atoms with Gasteiger partial charge in [-0.3, -0.25) is 19.2 Å². The first-order chi connectivity index (χ1) is 18.6. The molecular formula is C28H51N3O8. The number of carbonyl (C=O) groups excluding carboxylic acids is 2. The molecule has 0 aromatic carbocycles. The van der Waals surface area contributed by atoms with Gasteiger partial charge < -0.3 is 31.7 Å². The summed E-state index contributed by atoms with van der Waals surface area (Å²) in [4.78, 5) is 58.5. The smallest absolute Gasteiger partial charge is 0.326 e. The van der Waals surface area contributed by atoms with E-state index in [0.717, 1.165) is 19.3 Å². The van der Waals surface area contributed by atoms with Crippen LogP contribution in [0.3, 0.4) is 0 Å². The molecule has 11 nitrogen and oxygen atoms in total. The summed E-state index contributed by atoms with van der Waals surface area (Å²) < 4.78 is 0. The Bertz CT molecular complexity index is 732. The highest BCUT2D eigenvalue weighted by molar-refractivity contribution is 5.90. The number of nitrogens with two attached hydrogens (primary N) is 1. The number of hydrogen-bond donors (Lipinski definition) is 6. The predicted molar refractivity (Wildman–Crippen MR) is 148 cm³/mol. The van der Waals surface area contributed by atoms with Crippen molar-refractivity contribution in [1.29, 1.82) is 0 Å². The van der Waals surface area contributed by atoms with Crippen molar-refractivity contribution >= 4 is 29.7 Å². The second-order valence-corrected chi connectivity index (χ2v) is 10.3. The van der Waals surface area contributed by atoms with Crippen molar-refractivity contribution in [2.75, 3.05) is 0 Å². The summed E-state index contributed by atoms with van der Waals surface area (Å²) >= 11 is 0. The normalized spacial score (nSPS) is 13.3. The Morgan fingerprint density at radius 1 is 0.590 bits per heavy atom. The quantitative estimate of drug-likeness (QED) is 0.0852. The van der Waals surface area contributed by atoms with E-state index in [1.165, 1.54) is 57.8 Å². The van der Waals surface area contributed by atoms with Gasteiger partial charge in [-0.05, 0) is 32.1 Å². The number of amides is 2. The summed E-state index contributed by atoms with van der Waals surface area (Å²) in [5, 5.41) is 32.1. The lowest BCUT2D eigenvalue weighted by atomic mass is 10.0. The topological polar surface area (TPSA) is 196 Å². The minimum Gasteiger partial charge on any atom is -0.481 e. The van der Waals surface area contributed by atoms with Gasteiger partial charge in [-0.1, -0.05) is 84.0 Å². The van der Waals surface area contributed by atoms with Crippen LogP contribution in [-0.4, -0.2) is 63.2 Å². The van der Waals surface area contributed by atoms with Crippen LogP contribution in [0.5, 0.6) is 0 Å². The van der Waals surface area contributed by atoms with E-state index >= 15 is 0 Å². The van der Waals surface area contributed by atoms with Crippen LogP contribution in [0.25, 0.3) is 0 Å². The van der Waals surface area contributed by atoms with E-state index in [4.69, 9.17) is 15.9 Å². The third-order valence-electron chi connectivity index (χ3n) is 6.75. The molecule has 2 amide bonds. The van der Waals surface area contributed by atoms with E-state index in [0.29, 0.717) is 6.42 Å². The molecule has 0 radical (unpaired) electrons. The maximum absolute atomic E-state index is 12.7. The van der Waals surface area contributed by atoms with Gasteiger partial charge in [-0.25, -0.2) is 4.79 Å². The van der Waals surface area contributed by atoms with Crippen LogP contribution in [0.15, 0.2) is 0 Å². The fourth-order valence-electron chi connectivity index (χ4n) is 4.30.